The maximum absolute atomic E-state index is 11.9. The molecule has 1 aromatic heterocycles. The van der Waals surface area contributed by atoms with Crippen LogP contribution in [0.15, 0.2) is 24.3 Å². The Labute approximate surface area is 115 Å². The molecule has 7 heteroatoms. The van der Waals surface area contributed by atoms with Crippen molar-refractivity contribution in [1.29, 1.82) is 5.26 Å². The van der Waals surface area contributed by atoms with E-state index < -0.39 is 5.97 Å². The average molecular weight is 271 g/mol. The molecule has 2 rings (SSSR count). The fourth-order valence-corrected chi connectivity index (χ4v) is 1.64. The first-order valence-corrected chi connectivity index (χ1v) is 6.17. The van der Waals surface area contributed by atoms with Gasteiger partial charge in [-0.05, 0) is 35.0 Å². The van der Waals surface area contributed by atoms with Crippen LogP contribution in [0.1, 0.15) is 35.1 Å². The molecule has 102 valence electrons. The highest BCUT2D eigenvalue weighted by atomic mass is 16.5. The van der Waals surface area contributed by atoms with Crippen LogP contribution in [0.5, 0.6) is 0 Å². The Hall–Kier alpha value is -2.75. The number of carbonyl (C=O) groups is 1. The number of tetrazole rings is 1. The maximum atomic E-state index is 11.9. The molecule has 0 saturated carbocycles. The Morgan fingerprint density at radius 3 is 3.10 bits per heavy atom. The monoisotopic (exact) mass is 271 g/mol. The lowest BCUT2D eigenvalue weighted by molar-refractivity contribution is 0.0456. The number of hydrogen-bond acceptors (Lipinski definition) is 6. The topological polar surface area (TPSA) is 93.7 Å². The molecular weight excluding hydrogens is 258 g/mol. The first-order chi connectivity index (χ1) is 9.74. The lowest BCUT2D eigenvalue weighted by Crippen LogP contribution is -2.11. The summed E-state index contributed by atoms with van der Waals surface area (Å²) >= 11 is 0. The molecule has 0 amide bonds. The molecule has 1 aromatic carbocycles. The van der Waals surface area contributed by atoms with Crippen molar-refractivity contribution in [3.05, 3.63) is 41.2 Å². The van der Waals surface area contributed by atoms with Gasteiger partial charge in [0.25, 0.3) is 0 Å². The van der Waals surface area contributed by atoms with E-state index in [9.17, 15) is 4.79 Å². The highest BCUT2D eigenvalue weighted by molar-refractivity contribution is 5.89. The minimum Gasteiger partial charge on any atom is -0.454 e. The Morgan fingerprint density at radius 1 is 1.50 bits per heavy atom. The molecule has 0 saturated heterocycles. The minimum atomic E-state index is -0.506. The molecule has 0 aliphatic rings. The smallest absolute Gasteiger partial charge is 0.338 e. The summed E-state index contributed by atoms with van der Waals surface area (Å²) in [6.07, 6.45) is 0.885. The molecule has 0 spiro atoms. The second kappa shape index (κ2) is 6.43. The first-order valence-electron chi connectivity index (χ1n) is 6.17. The van der Waals surface area contributed by atoms with Crippen molar-refractivity contribution in [2.24, 2.45) is 0 Å². The number of aromatic nitrogens is 4. The van der Waals surface area contributed by atoms with Crippen molar-refractivity contribution in [2.75, 3.05) is 0 Å². The quantitative estimate of drug-likeness (QED) is 0.761. The summed E-state index contributed by atoms with van der Waals surface area (Å²) in [4.78, 5) is 11.9. The number of esters is 1. The Kier molecular flexibility index (Phi) is 4.39. The van der Waals surface area contributed by atoms with E-state index in [1.807, 2.05) is 13.0 Å². The Bertz CT molecular complexity index is 644. The van der Waals surface area contributed by atoms with Crippen molar-refractivity contribution >= 4 is 5.97 Å². The van der Waals surface area contributed by atoms with Crippen LogP contribution in [0, 0.1) is 11.3 Å². The zero-order chi connectivity index (χ0) is 14.4. The molecule has 7 nitrogen and oxygen atoms in total. The molecule has 1 heterocycles. The summed E-state index contributed by atoms with van der Waals surface area (Å²) in [5, 5.41) is 19.9. The third-order valence-electron chi connectivity index (χ3n) is 2.60. The zero-order valence-electron chi connectivity index (χ0n) is 11.0. The number of benzene rings is 1. The summed E-state index contributed by atoms with van der Waals surface area (Å²) in [6.45, 7) is 2.68. The van der Waals surface area contributed by atoms with Crippen LogP contribution in [0.3, 0.4) is 0 Å². The number of ether oxygens (including phenoxy) is 1. The van der Waals surface area contributed by atoms with Crippen molar-refractivity contribution in [2.45, 2.75) is 26.5 Å². The largest absolute Gasteiger partial charge is 0.454 e. The van der Waals surface area contributed by atoms with Crippen molar-refractivity contribution < 1.29 is 9.53 Å². The van der Waals surface area contributed by atoms with Crippen LogP contribution in [0.4, 0.5) is 0 Å². The number of nitrogens with zero attached hydrogens (tertiary/aromatic N) is 5. The minimum absolute atomic E-state index is 0.00259. The van der Waals surface area contributed by atoms with Gasteiger partial charge in [0.1, 0.15) is 0 Å². The van der Waals surface area contributed by atoms with Gasteiger partial charge in [-0.25, -0.2) is 9.48 Å². The number of hydrogen-bond donors (Lipinski definition) is 0. The average Bonchev–Trinajstić information content (AvgIpc) is 2.92. The number of carbonyl (C=O) groups excluding carboxylic acids is 1. The third-order valence-corrected chi connectivity index (χ3v) is 2.60. The van der Waals surface area contributed by atoms with Crippen molar-refractivity contribution in [3.8, 4) is 6.07 Å². The van der Waals surface area contributed by atoms with Crippen molar-refractivity contribution in [1.82, 2.24) is 20.2 Å². The Balaban J connectivity index is 2.01. The maximum Gasteiger partial charge on any atom is 0.338 e. The van der Waals surface area contributed by atoms with E-state index in [1.165, 1.54) is 6.07 Å². The molecule has 2 aromatic rings. The van der Waals surface area contributed by atoms with Crippen molar-refractivity contribution in [3.63, 3.8) is 0 Å². The lowest BCUT2D eigenvalue weighted by Gasteiger charge is -2.05. The van der Waals surface area contributed by atoms with Gasteiger partial charge in [0.05, 0.1) is 17.2 Å². The molecule has 0 unspecified atom stereocenters. The summed E-state index contributed by atoms with van der Waals surface area (Å²) in [5.74, 6) is -0.00946. The van der Waals surface area contributed by atoms with E-state index >= 15 is 0 Å². The molecule has 0 atom stereocenters. The van der Waals surface area contributed by atoms with Gasteiger partial charge in [-0.3, -0.25) is 0 Å². The van der Waals surface area contributed by atoms with Crippen LogP contribution in [-0.4, -0.2) is 26.2 Å². The van der Waals surface area contributed by atoms with Gasteiger partial charge in [-0.2, -0.15) is 5.26 Å². The van der Waals surface area contributed by atoms with Gasteiger partial charge < -0.3 is 4.74 Å². The fourth-order valence-electron chi connectivity index (χ4n) is 1.64. The number of nitriles is 1. The fraction of sp³-hybridized carbons (Fsp3) is 0.308. The molecule has 0 fully saturated rings. The highest BCUT2D eigenvalue weighted by Crippen LogP contribution is 2.07. The van der Waals surface area contributed by atoms with Crippen LogP contribution in [0.2, 0.25) is 0 Å². The van der Waals surface area contributed by atoms with E-state index in [0.29, 0.717) is 23.5 Å². The molecule has 20 heavy (non-hydrogen) atoms. The van der Waals surface area contributed by atoms with E-state index in [1.54, 1.807) is 22.9 Å². The summed E-state index contributed by atoms with van der Waals surface area (Å²) in [5.41, 5.74) is 0.744. The predicted molar refractivity (Wildman–Crippen MR) is 68.4 cm³/mol. The van der Waals surface area contributed by atoms with Gasteiger partial charge in [0.15, 0.2) is 12.4 Å². The zero-order valence-corrected chi connectivity index (χ0v) is 11.0. The standard InChI is InChI=1S/C13H13N5O2/c1-2-6-18-12(15-16-17-18)9-20-13(19)11-5-3-4-10(7-11)8-14/h3-5,7H,2,6,9H2,1H3. The summed E-state index contributed by atoms with van der Waals surface area (Å²) in [6, 6.07) is 8.31. The third kappa shape index (κ3) is 3.17. The Morgan fingerprint density at radius 2 is 2.35 bits per heavy atom. The normalized spacial score (nSPS) is 10.0. The second-order valence-electron chi connectivity index (χ2n) is 4.09. The van der Waals surface area contributed by atoms with Crippen LogP contribution < -0.4 is 0 Å². The van der Waals surface area contributed by atoms with E-state index in [4.69, 9.17) is 10.00 Å². The predicted octanol–water partition coefficient (Wildman–Crippen LogP) is 1.31. The van der Waals surface area contributed by atoms with Crippen LogP contribution in [0.25, 0.3) is 0 Å². The number of aryl methyl sites for hydroxylation is 1. The SMILES string of the molecule is CCCn1nnnc1COC(=O)c1cccc(C#N)c1. The molecular formula is C13H13N5O2. The molecule has 0 N–H and O–H groups in total. The van der Waals surface area contributed by atoms with Gasteiger partial charge >= 0.3 is 5.97 Å². The van der Waals surface area contributed by atoms with Gasteiger partial charge in [0.2, 0.25) is 0 Å². The molecule has 0 aliphatic carbocycles. The summed E-state index contributed by atoms with van der Waals surface area (Å²) < 4.78 is 6.74. The molecule has 0 aliphatic heterocycles. The second-order valence-corrected chi connectivity index (χ2v) is 4.09. The van der Waals surface area contributed by atoms with Gasteiger partial charge in [0, 0.05) is 6.54 Å². The van der Waals surface area contributed by atoms with Crippen LogP contribution >= 0.6 is 0 Å². The number of rotatable bonds is 5. The first kappa shape index (κ1) is 13.7. The van der Waals surface area contributed by atoms with Gasteiger partial charge in [-0.1, -0.05) is 13.0 Å². The molecule has 0 bridgehead atoms. The van der Waals surface area contributed by atoms with E-state index in [0.717, 1.165) is 6.42 Å². The van der Waals surface area contributed by atoms with Crippen LogP contribution in [-0.2, 0) is 17.9 Å². The lowest BCUT2D eigenvalue weighted by atomic mass is 10.1. The highest BCUT2D eigenvalue weighted by Gasteiger charge is 2.11. The molecule has 0 radical (unpaired) electrons. The van der Waals surface area contributed by atoms with Gasteiger partial charge in [-0.15, -0.1) is 5.10 Å². The van der Waals surface area contributed by atoms with E-state index in [2.05, 4.69) is 15.5 Å². The van der Waals surface area contributed by atoms with E-state index in [-0.39, 0.29) is 6.61 Å². The summed E-state index contributed by atoms with van der Waals surface area (Å²) in [7, 11) is 0.